The van der Waals surface area contributed by atoms with E-state index in [1.165, 1.54) is 14.2 Å². The molecule has 0 bridgehead atoms. The van der Waals surface area contributed by atoms with Crippen molar-refractivity contribution in [2.45, 2.75) is 16.8 Å². The minimum absolute atomic E-state index is 0.0546. The normalized spacial score (nSPS) is 16.3. The van der Waals surface area contributed by atoms with E-state index in [2.05, 4.69) is 15.2 Å². The second kappa shape index (κ2) is 7.96. The van der Waals surface area contributed by atoms with Crippen LogP contribution >= 0.6 is 11.8 Å². The molecule has 2 aromatic carbocycles. The number of carbonyl (C=O) groups excluding carboxylic acids is 2. The molecule has 1 aliphatic heterocycles. The summed E-state index contributed by atoms with van der Waals surface area (Å²) in [4.78, 5) is 31.2. The van der Waals surface area contributed by atoms with Crippen LogP contribution in [0, 0.1) is 0 Å². The number of benzene rings is 2. The summed E-state index contributed by atoms with van der Waals surface area (Å²) < 4.78 is 10.5. The Hall–Kier alpha value is -3.33. The zero-order chi connectivity index (χ0) is 20.4. The number of carbonyl (C=O) groups is 2. The lowest BCUT2D eigenvalue weighted by Gasteiger charge is -2.18. The lowest BCUT2D eigenvalue weighted by atomic mass is 10.2. The number of aromatic nitrogens is 3. The molecule has 0 aliphatic carbocycles. The van der Waals surface area contributed by atoms with Crippen molar-refractivity contribution in [1.82, 2.24) is 15.2 Å². The van der Waals surface area contributed by atoms with Gasteiger partial charge in [-0.05, 0) is 12.1 Å². The number of thioether (sulfide) groups is 1. The molecule has 3 aromatic rings. The standard InChI is InChI=1S/C20H18N4O4S/c1-27-13-8-9-15(28-2)14(10-13)24-17(25)11-16(19(24)26)29-20-21-18(22-23-20)12-6-4-3-5-7-12/h3-10,16H,11H2,1-2H3,(H,21,22,23)/t16-/m0/s1. The van der Waals surface area contributed by atoms with Crippen molar-refractivity contribution in [1.29, 1.82) is 0 Å². The van der Waals surface area contributed by atoms with Gasteiger partial charge in [-0.25, -0.2) is 9.88 Å². The van der Waals surface area contributed by atoms with Crippen LogP contribution in [0.2, 0.25) is 0 Å². The van der Waals surface area contributed by atoms with Crippen LogP contribution in [0.25, 0.3) is 11.4 Å². The molecule has 1 fully saturated rings. The average Bonchev–Trinajstić information content (AvgIpc) is 3.32. The molecule has 1 atom stereocenters. The first-order valence-corrected chi connectivity index (χ1v) is 9.72. The van der Waals surface area contributed by atoms with Crippen molar-refractivity contribution < 1.29 is 19.1 Å². The fourth-order valence-electron chi connectivity index (χ4n) is 3.07. The molecule has 0 unspecified atom stereocenters. The number of amides is 2. The van der Waals surface area contributed by atoms with Gasteiger partial charge in [0.25, 0.3) is 0 Å². The summed E-state index contributed by atoms with van der Waals surface area (Å²) in [6.45, 7) is 0. The van der Waals surface area contributed by atoms with Gasteiger partial charge in [-0.2, -0.15) is 0 Å². The van der Waals surface area contributed by atoms with Crippen LogP contribution in [-0.2, 0) is 9.59 Å². The molecule has 2 heterocycles. The van der Waals surface area contributed by atoms with Crippen LogP contribution in [-0.4, -0.2) is 46.5 Å². The first kappa shape index (κ1) is 19.0. The number of aromatic amines is 1. The Bertz CT molecular complexity index is 1050. The van der Waals surface area contributed by atoms with E-state index < -0.39 is 5.25 Å². The fraction of sp³-hybridized carbons (Fsp3) is 0.200. The molecule has 148 valence electrons. The summed E-state index contributed by atoms with van der Waals surface area (Å²) in [5.41, 5.74) is 1.26. The van der Waals surface area contributed by atoms with Crippen LogP contribution in [0.3, 0.4) is 0 Å². The van der Waals surface area contributed by atoms with Gasteiger partial charge in [0.05, 0.1) is 19.9 Å². The first-order valence-electron chi connectivity index (χ1n) is 8.84. The Kier molecular flexibility index (Phi) is 5.22. The maximum absolute atomic E-state index is 13.0. The monoisotopic (exact) mass is 410 g/mol. The average molecular weight is 410 g/mol. The summed E-state index contributed by atoms with van der Waals surface area (Å²) >= 11 is 1.16. The highest BCUT2D eigenvalue weighted by Gasteiger charge is 2.42. The van der Waals surface area contributed by atoms with Crippen molar-refractivity contribution in [3.63, 3.8) is 0 Å². The largest absolute Gasteiger partial charge is 0.497 e. The van der Waals surface area contributed by atoms with Gasteiger partial charge in [-0.3, -0.25) is 14.7 Å². The smallest absolute Gasteiger partial charge is 0.248 e. The fourth-order valence-corrected chi connectivity index (χ4v) is 4.00. The topological polar surface area (TPSA) is 97.4 Å². The number of rotatable bonds is 6. The second-order valence-corrected chi connectivity index (χ2v) is 7.42. The number of imide groups is 1. The van der Waals surface area contributed by atoms with E-state index in [0.717, 1.165) is 22.2 Å². The number of nitrogens with one attached hydrogen (secondary N) is 1. The number of ether oxygens (including phenoxy) is 2. The maximum atomic E-state index is 13.0. The number of anilines is 1. The first-order chi connectivity index (χ1) is 14.1. The van der Waals surface area contributed by atoms with Crippen molar-refractivity contribution in [2.75, 3.05) is 19.1 Å². The Balaban J connectivity index is 1.56. The summed E-state index contributed by atoms with van der Waals surface area (Å²) in [5, 5.41) is 6.84. The third-order valence-corrected chi connectivity index (χ3v) is 5.54. The summed E-state index contributed by atoms with van der Waals surface area (Å²) in [6.07, 6.45) is 0.0546. The second-order valence-electron chi connectivity index (χ2n) is 6.25. The summed E-state index contributed by atoms with van der Waals surface area (Å²) in [7, 11) is 3.01. The van der Waals surface area contributed by atoms with E-state index >= 15 is 0 Å². The molecular formula is C20H18N4O4S. The predicted molar refractivity (Wildman–Crippen MR) is 108 cm³/mol. The number of nitrogens with zero attached hydrogens (tertiary/aromatic N) is 3. The zero-order valence-electron chi connectivity index (χ0n) is 15.8. The third-order valence-electron chi connectivity index (χ3n) is 4.49. The van der Waals surface area contributed by atoms with Gasteiger partial charge in [-0.1, -0.05) is 42.1 Å². The highest BCUT2D eigenvalue weighted by atomic mass is 32.2. The van der Waals surface area contributed by atoms with E-state index in [4.69, 9.17) is 9.47 Å². The van der Waals surface area contributed by atoms with Crippen molar-refractivity contribution in [3.05, 3.63) is 48.5 Å². The molecule has 29 heavy (non-hydrogen) atoms. The Labute approximate surface area is 171 Å². The molecule has 1 aliphatic rings. The third kappa shape index (κ3) is 3.68. The molecule has 1 aromatic heterocycles. The maximum Gasteiger partial charge on any atom is 0.248 e. The van der Waals surface area contributed by atoms with Gasteiger partial charge in [0, 0.05) is 18.1 Å². The van der Waals surface area contributed by atoms with Crippen molar-refractivity contribution in [3.8, 4) is 22.9 Å². The highest BCUT2D eigenvalue weighted by molar-refractivity contribution is 8.00. The highest BCUT2D eigenvalue weighted by Crippen LogP contribution is 2.38. The molecule has 4 rings (SSSR count). The molecular weight excluding hydrogens is 392 g/mol. The summed E-state index contributed by atoms with van der Waals surface area (Å²) in [6, 6.07) is 14.5. The number of H-pyrrole nitrogens is 1. The zero-order valence-corrected chi connectivity index (χ0v) is 16.6. The van der Waals surface area contributed by atoms with Gasteiger partial charge in [-0.15, -0.1) is 5.10 Å². The van der Waals surface area contributed by atoms with Crippen molar-refractivity contribution >= 4 is 29.3 Å². The van der Waals surface area contributed by atoms with E-state index in [1.54, 1.807) is 18.2 Å². The van der Waals surface area contributed by atoms with Gasteiger partial charge in [0.15, 0.2) is 5.82 Å². The van der Waals surface area contributed by atoms with Crippen molar-refractivity contribution in [2.24, 2.45) is 0 Å². The van der Waals surface area contributed by atoms with Crippen LogP contribution in [0.15, 0.2) is 53.7 Å². The molecule has 2 amide bonds. The van der Waals surface area contributed by atoms with E-state index in [0.29, 0.717) is 28.2 Å². The van der Waals surface area contributed by atoms with Gasteiger partial charge in [0.2, 0.25) is 17.0 Å². The molecule has 0 spiro atoms. The van der Waals surface area contributed by atoms with Gasteiger partial charge in [0.1, 0.15) is 16.7 Å². The van der Waals surface area contributed by atoms with Crippen LogP contribution in [0.1, 0.15) is 6.42 Å². The Morgan fingerprint density at radius 2 is 1.90 bits per heavy atom. The molecule has 0 radical (unpaired) electrons. The minimum atomic E-state index is -0.613. The van der Waals surface area contributed by atoms with Crippen LogP contribution in [0.5, 0.6) is 11.5 Å². The molecule has 0 saturated carbocycles. The van der Waals surface area contributed by atoms with E-state index in [-0.39, 0.29) is 18.2 Å². The van der Waals surface area contributed by atoms with Gasteiger partial charge < -0.3 is 9.47 Å². The van der Waals surface area contributed by atoms with Gasteiger partial charge >= 0.3 is 0 Å². The number of hydrogen-bond acceptors (Lipinski definition) is 7. The minimum Gasteiger partial charge on any atom is -0.497 e. The Morgan fingerprint density at radius 3 is 2.62 bits per heavy atom. The Morgan fingerprint density at radius 1 is 1.10 bits per heavy atom. The van der Waals surface area contributed by atoms with Crippen LogP contribution < -0.4 is 14.4 Å². The predicted octanol–water partition coefficient (Wildman–Crippen LogP) is 2.91. The summed E-state index contributed by atoms with van der Waals surface area (Å²) in [5.74, 6) is 0.910. The molecule has 1 N–H and O–H groups in total. The quantitative estimate of drug-likeness (QED) is 0.624. The lowest BCUT2D eigenvalue weighted by Crippen LogP contribution is -2.31. The van der Waals surface area contributed by atoms with Crippen LogP contribution in [0.4, 0.5) is 5.69 Å². The molecule has 8 nitrogen and oxygen atoms in total. The van der Waals surface area contributed by atoms with E-state index in [1.807, 2.05) is 30.3 Å². The number of methoxy groups -OCH3 is 2. The van der Waals surface area contributed by atoms with E-state index in [9.17, 15) is 9.59 Å². The SMILES string of the molecule is COc1ccc(OC)c(N2C(=O)C[C@H](Sc3n[nH]c(-c4ccccc4)n3)C2=O)c1. The number of hydrogen-bond donors (Lipinski definition) is 1. The molecule has 9 heteroatoms. The lowest BCUT2D eigenvalue weighted by molar-refractivity contribution is -0.121. The molecule has 1 saturated heterocycles.